The first-order valence-electron chi connectivity index (χ1n) is 6.40. The monoisotopic (exact) mass is 234 g/mol. The lowest BCUT2D eigenvalue weighted by molar-refractivity contribution is 0.122. The number of fused-ring (bicyclic) bond motifs is 1. The predicted octanol–water partition coefficient (Wildman–Crippen LogP) is 2.60. The van der Waals surface area contributed by atoms with Crippen molar-refractivity contribution in [3.8, 4) is 5.88 Å². The summed E-state index contributed by atoms with van der Waals surface area (Å²) < 4.78 is 5.90. The second-order valence-electron chi connectivity index (χ2n) is 5.68. The standard InChI is InChI=1S/C14H22N2O/c1-14(2,3)17-13-11(9-15)8-10-6-4-5-7-12(10)16-13/h8H,4-7,9,15H2,1-3H3. The highest BCUT2D eigenvalue weighted by Crippen LogP contribution is 2.27. The summed E-state index contributed by atoms with van der Waals surface area (Å²) in [5.74, 6) is 0.723. The van der Waals surface area contributed by atoms with Crippen LogP contribution < -0.4 is 10.5 Å². The number of aromatic nitrogens is 1. The van der Waals surface area contributed by atoms with Crippen LogP contribution in [0, 0.1) is 0 Å². The molecule has 0 saturated heterocycles. The number of hydrogen-bond acceptors (Lipinski definition) is 3. The summed E-state index contributed by atoms with van der Waals surface area (Å²) in [5.41, 5.74) is 9.15. The highest BCUT2D eigenvalue weighted by atomic mass is 16.5. The first kappa shape index (κ1) is 12.4. The van der Waals surface area contributed by atoms with Crippen LogP contribution in [0.4, 0.5) is 0 Å². The first-order valence-corrected chi connectivity index (χ1v) is 6.40. The van der Waals surface area contributed by atoms with E-state index in [1.807, 2.05) is 20.8 Å². The molecule has 1 heterocycles. The molecule has 3 heteroatoms. The zero-order valence-electron chi connectivity index (χ0n) is 11.0. The van der Waals surface area contributed by atoms with Gasteiger partial charge < -0.3 is 10.5 Å². The van der Waals surface area contributed by atoms with Crippen LogP contribution in [0.1, 0.15) is 50.4 Å². The first-order chi connectivity index (χ1) is 7.99. The van der Waals surface area contributed by atoms with E-state index in [1.165, 1.54) is 24.1 Å². The molecule has 3 nitrogen and oxygen atoms in total. The predicted molar refractivity (Wildman–Crippen MR) is 69.2 cm³/mol. The molecule has 0 fully saturated rings. The fourth-order valence-electron chi connectivity index (χ4n) is 2.19. The highest BCUT2D eigenvalue weighted by molar-refractivity contribution is 5.36. The Hall–Kier alpha value is -1.09. The third-order valence-corrected chi connectivity index (χ3v) is 2.96. The molecular weight excluding hydrogens is 212 g/mol. The lowest BCUT2D eigenvalue weighted by atomic mass is 9.95. The Morgan fingerprint density at radius 1 is 1.29 bits per heavy atom. The van der Waals surface area contributed by atoms with Crippen molar-refractivity contribution in [2.45, 2.75) is 58.6 Å². The third-order valence-electron chi connectivity index (χ3n) is 2.96. The molecule has 94 valence electrons. The number of hydrogen-bond donors (Lipinski definition) is 1. The van der Waals surface area contributed by atoms with E-state index in [9.17, 15) is 0 Å². The number of aryl methyl sites for hydroxylation is 2. The van der Waals surface area contributed by atoms with E-state index in [0.29, 0.717) is 6.54 Å². The van der Waals surface area contributed by atoms with Crippen molar-refractivity contribution in [1.82, 2.24) is 4.98 Å². The van der Waals surface area contributed by atoms with Crippen molar-refractivity contribution < 1.29 is 4.74 Å². The van der Waals surface area contributed by atoms with Gasteiger partial charge in [-0.15, -0.1) is 0 Å². The number of ether oxygens (including phenoxy) is 1. The van der Waals surface area contributed by atoms with Gasteiger partial charge in [0.1, 0.15) is 5.60 Å². The molecule has 2 N–H and O–H groups in total. The topological polar surface area (TPSA) is 48.1 Å². The molecule has 0 aliphatic heterocycles. The van der Waals surface area contributed by atoms with Gasteiger partial charge in [-0.05, 0) is 58.1 Å². The van der Waals surface area contributed by atoms with Crippen LogP contribution in [-0.4, -0.2) is 10.6 Å². The Kier molecular flexibility index (Phi) is 3.38. The van der Waals surface area contributed by atoms with Gasteiger partial charge in [0.25, 0.3) is 0 Å². The fraction of sp³-hybridized carbons (Fsp3) is 0.643. The molecule has 1 aliphatic rings. The van der Waals surface area contributed by atoms with Gasteiger partial charge in [0.05, 0.1) is 0 Å². The molecule has 0 spiro atoms. The molecule has 1 aromatic rings. The average Bonchev–Trinajstić information content (AvgIpc) is 2.26. The number of rotatable bonds is 2. The Labute approximate surface area is 103 Å². The van der Waals surface area contributed by atoms with Crippen LogP contribution in [0.3, 0.4) is 0 Å². The van der Waals surface area contributed by atoms with Crippen molar-refractivity contribution in [2.24, 2.45) is 5.73 Å². The summed E-state index contributed by atoms with van der Waals surface area (Å²) in [5, 5.41) is 0. The molecule has 0 bridgehead atoms. The van der Waals surface area contributed by atoms with Crippen LogP contribution in [0.5, 0.6) is 5.88 Å². The SMILES string of the molecule is CC(C)(C)Oc1nc2c(cc1CN)CCCC2. The Morgan fingerprint density at radius 3 is 2.65 bits per heavy atom. The minimum Gasteiger partial charge on any atom is -0.472 e. The summed E-state index contributed by atoms with van der Waals surface area (Å²) in [6.07, 6.45) is 4.70. The summed E-state index contributed by atoms with van der Waals surface area (Å²) in [6, 6.07) is 2.18. The number of pyridine rings is 1. The minimum atomic E-state index is -0.222. The van der Waals surface area contributed by atoms with Crippen molar-refractivity contribution >= 4 is 0 Å². The number of nitrogens with zero attached hydrogens (tertiary/aromatic N) is 1. The lowest BCUT2D eigenvalue weighted by Gasteiger charge is -2.24. The van der Waals surface area contributed by atoms with Gasteiger partial charge in [-0.25, -0.2) is 4.98 Å². The van der Waals surface area contributed by atoms with E-state index in [-0.39, 0.29) is 5.60 Å². The third kappa shape index (κ3) is 2.97. The average molecular weight is 234 g/mol. The van der Waals surface area contributed by atoms with Crippen molar-refractivity contribution in [3.63, 3.8) is 0 Å². The minimum absolute atomic E-state index is 0.222. The smallest absolute Gasteiger partial charge is 0.218 e. The van der Waals surface area contributed by atoms with Crippen LogP contribution in [0.15, 0.2) is 6.07 Å². The zero-order valence-corrected chi connectivity index (χ0v) is 11.0. The highest BCUT2D eigenvalue weighted by Gasteiger charge is 2.19. The van der Waals surface area contributed by atoms with E-state index < -0.39 is 0 Å². The summed E-state index contributed by atoms with van der Waals surface area (Å²) in [4.78, 5) is 4.67. The molecule has 0 radical (unpaired) electrons. The summed E-state index contributed by atoms with van der Waals surface area (Å²) in [6.45, 7) is 6.60. The molecular formula is C14H22N2O. The molecule has 0 unspecified atom stereocenters. The second kappa shape index (κ2) is 4.65. The van der Waals surface area contributed by atoms with Crippen molar-refractivity contribution in [3.05, 3.63) is 22.9 Å². The summed E-state index contributed by atoms with van der Waals surface area (Å²) in [7, 11) is 0. The van der Waals surface area contributed by atoms with Crippen LogP contribution in [0.25, 0.3) is 0 Å². The molecule has 1 aliphatic carbocycles. The largest absolute Gasteiger partial charge is 0.472 e. The molecule has 0 saturated carbocycles. The van der Waals surface area contributed by atoms with Crippen LogP contribution >= 0.6 is 0 Å². The summed E-state index contributed by atoms with van der Waals surface area (Å²) >= 11 is 0. The molecule has 1 aromatic heterocycles. The van der Waals surface area contributed by atoms with Gasteiger partial charge in [0, 0.05) is 17.8 Å². The second-order valence-corrected chi connectivity index (χ2v) is 5.68. The fourth-order valence-corrected chi connectivity index (χ4v) is 2.19. The van der Waals surface area contributed by atoms with Gasteiger partial charge >= 0.3 is 0 Å². The van der Waals surface area contributed by atoms with Crippen LogP contribution in [-0.2, 0) is 19.4 Å². The van der Waals surface area contributed by atoms with E-state index in [2.05, 4.69) is 11.1 Å². The van der Waals surface area contributed by atoms with Gasteiger partial charge in [-0.3, -0.25) is 0 Å². The van der Waals surface area contributed by atoms with E-state index in [1.54, 1.807) is 0 Å². The van der Waals surface area contributed by atoms with Crippen molar-refractivity contribution in [1.29, 1.82) is 0 Å². The van der Waals surface area contributed by atoms with Gasteiger partial charge in [0.15, 0.2) is 0 Å². The quantitative estimate of drug-likeness (QED) is 0.855. The Bertz CT molecular complexity index is 407. The zero-order chi connectivity index (χ0) is 12.5. The Morgan fingerprint density at radius 2 is 2.00 bits per heavy atom. The molecule has 0 aromatic carbocycles. The maximum absolute atomic E-state index is 5.90. The van der Waals surface area contributed by atoms with Gasteiger partial charge in [0.2, 0.25) is 5.88 Å². The van der Waals surface area contributed by atoms with Gasteiger partial charge in [-0.2, -0.15) is 0 Å². The maximum atomic E-state index is 5.90. The van der Waals surface area contributed by atoms with E-state index in [0.717, 1.165) is 24.3 Å². The lowest BCUT2D eigenvalue weighted by Crippen LogP contribution is -2.25. The molecule has 17 heavy (non-hydrogen) atoms. The van der Waals surface area contributed by atoms with E-state index >= 15 is 0 Å². The van der Waals surface area contributed by atoms with Gasteiger partial charge in [-0.1, -0.05) is 0 Å². The van der Waals surface area contributed by atoms with E-state index in [4.69, 9.17) is 10.5 Å². The molecule has 0 amide bonds. The number of nitrogens with two attached hydrogens (primary N) is 1. The molecule has 2 rings (SSSR count). The normalized spacial score (nSPS) is 15.5. The maximum Gasteiger partial charge on any atom is 0.218 e. The van der Waals surface area contributed by atoms with Crippen LogP contribution in [0.2, 0.25) is 0 Å². The molecule has 0 atom stereocenters. The Balaban J connectivity index is 2.36. The van der Waals surface area contributed by atoms with Crippen molar-refractivity contribution in [2.75, 3.05) is 0 Å².